The summed E-state index contributed by atoms with van der Waals surface area (Å²) in [6.07, 6.45) is 0.514. The second kappa shape index (κ2) is 9.48. The average Bonchev–Trinajstić information content (AvgIpc) is 2.73. The molecule has 0 radical (unpaired) electrons. The van der Waals surface area contributed by atoms with Gasteiger partial charge in [-0.05, 0) is 35.4 Å². The smallest absolute Gasteiger partial charge is 0.307 e. The topological polar surface area (TPSA) is 96.6 Å². The average molecular weight is 409 g/mol. The number of urea groups is 1. The first-order valence-electron chi connectivity index (χ1n) is 8.69. The van der Waals surface area contributed by atoms with E-state index in [1.54, 1.807) is 12.1 Å². The molecule has 8 heteroatoms. The van der Waals surface area contributed by atoms with Gasteiger partial charge in [0.15, 0.2) is 0 Å². The minimum absolute atomic E-state index is 0.0538. The number of nitro benzene ring substituents is 1. The summed E-state index contributed by atoms with van der Waals surface area (Å²) >= 11 is 5.96. The van der Waals surface area contributed by atoms with Crippen LogP contribution in [0.2, 0.25) is 5.02 Å². The molecular formula is C21H17ClN4O3. The second-order valence-corrected chi connectivity index (χ2v) is 6.53. The van der Waals surface area contributed by atoms with Crippen LogP contribution in [-0.2, 0) is 6.42 Å². The standard InChI is InChI=1S/C21H17ClN4O3/c22-17-8-6-16(7-9-17)20(14-15-4-2-1-3-5-15)24-25-21(27)23-18-10-12-19(13-11-18)26(28)29/h1-13H,14H2,(H2,23,25,27)/b24-20-. The number of hydrazone groups is 1. The molecule has 29 heavy (non-hydrogen) atoms. The van der Waals surface area contributed by atoms with Gasteiger partial charge < -0.3 is 5.32 Å². The van der Waals surface area contributed by atoms with E-state index < -0.39 is 11.0 Å². The zero-order valence-electron chi connectivity index (χ0n) is 15.2. The van der Waals surface area contributed by atoms with E-state index in [1.807, 2.05) is 42.5 Å². The molecule has 0 aliphatic carbocycles. The predicted molar refractivity (Wildman–Crippen MR) is 113 cm³/mol. The molecule has 2 amide bonds. The van der Waals surface area contributed by atoms with Gasteiger partial charge in [-0.15, -0.1) is 0 Å². The van der Waals surface area contributed by atoms with Gasteiger partial charge in [0, 0.05) is 29.3 Å². The maximum Gasteiger partial charge on any atom is 0.339 e. The summed E-state index contributed by atoms with van der Waals surface area (Å²) in [4.78, 5) is 22.4. The summed E-state index contributed by atoms with van der Waals surface area (Å²) in [6.45, 7) is 0. The van der Waals surface area contributed by atoms with E-state index in [1.165, 1.54) is 24.3 Å². The summed E-state index contributed by atoms with van der Waals surface area (Å²) < 4.78 is 0. The lowest BCUT2D eigenvalue weighted by atomic mass is 10.0. The van der Waals surface area contributed by atoms with Gasteiger partial charge in [0.2, 0.25) is 0 Å². The van der Waals surface area contributed by atoms with E-state index in [2.05, 4.69) is 15.8 Å². The van der Waals surface area contributed by atoms with Crippen LogP contribution in [0, 0.1) is 10.1 Å². The molecule has 146 valence electrons. The van der Waals surface area contributed by atoms with E-state index in [4.69, 9.17) is 11.6 Å². The highest BCUT2D eigenvalue weighted by molar-refractivity contribution is 6.30. The first-order chi connectivity index (χ1) is 14.0. The molecule has 0 saturated carbocycles. The molecule has 0 bridgehead atoms. The molecule has 0 saturated heterocycles. The van der Waals surface area contributed by atoms with E-state index in [0.717, 1.165) is 11.1 Å². The third-order valence-corrected chi connectivity index (χ3v) is 4.27. The first kappa shape index (κ1) is 20.0. The van der Waals surface area contributed by atoms with Crippen molar-refractivity contribution in [1.82, 2.24) is 5.43 Å². The molecule has 3 rings (SSSR count). The number of hydrogen-bond donors (Lipinski definition) is 2. The van der Waals surface area contributed by atoms with Gasteiger partial charge in [0.25, 0.3) is 5.69 Å². The van der Waals surface area contributed by atoms with Crippen molar-refractivity contribution in [2.45, 2.75) is 6.42 Å². The Kier molecular flexibility index (Phi) is 6.55. The number of nitrogens with zero attached hydrogens (tertiary/aromatic N) is 2. The molecule has 3 aromatic carbocycles. The Labute approximate surface area is 172 Å². The van der Waals surface area contributed by atoms with E-state index in [9.17, 15) is 14.9 Å². The number of carbonyl (C=O) groups is 1. The Bertz CT molecular complexity index is 1020. The second-order valence-electron chi connectivity index (χ2n) is 6.10. The van der Waals surface area contributed by atoms with Crippen LogP contribution in [-0.4, -0.2) is 16.7 Å². The molecule has 0 aliphatic rings. The van der Waals surface area contributed by atoms with Gasteiger partial charge in [0.05, 0.1) is 10.6 Å². The van der Waals surface area contributed by atoms with Crippen molar-refractivity contribution in [1.29, 1.82) is 0 Å². The van der Waals surface area contributed by atoms with E-state index in [0.29, 0.717) is 22.8 Å². The summed E-state index contributed by atoms with van der Waals surface area (Å²) in [5, 5.41) is 18.2. The summed E-state index contributed by atoms with van der Waals surface area (Å²) in [5.41, 5.74) is 5.36. The lowest BCUT2D eigenvalue weighted by Gasteiger charge is -2.09. The molecule has 0 aromatic heterocycles. The molecular weight excluding hydrogens is 392 g/mol. The molecule has 2 N–H and O–H groups in total. The molecule has 7 nitrogen and oxygen atoms in total. The number of hydrogen-bond acceptors (Lipinski definition) is 4. The predicted octanol–water partition coefficient (Wildman–Crippen LogP) is 5.02. The number of carbonyl (C=O) groups excluding carboxylic acids is 1. The fourth-order valence-corrected chi connectivity index (χ4v) is 2.71. The van der Waals surface area contributed by atoms with Crippen molar-refractivity contribution in [2.24, 2.45) is 5.10 Å². The molecule has 0 fully saturated rings. The van der Waals surface area contributed by atoms with Crippen molar-refractivity contribution >= 4 is 34.7 Å². The number of halogens is 1. The van der Waals surface area contributed by atoms with Gasteiger partial charge in [-0.25, -0.2) is 10.2 Å². The Morgan fingerprint density at radius 1 is 0.966 bits per heavy atom. The fraction of sp³-hybridized carbons (Fsp3) is 0.0476. The number of amides is 2. The molecule has 0 heterocycles. The van der Waals surface area contributed by atoms with E-state index in [-0.39, 0.29) is 5.69 Å². The highest BCUT2D eigenvalue weighted by atomic mass is 35.5. The Balaban J connectivity index is 1.73. The van der Waals surface area contributed by atoms with Crippen molar-refractivity contribution in [2.75, 3.05) is 5.32 Å². The van der Waals surface area contributed by atoms with Gasteiger partial charge in [-0.1, -0.05) is 54.1 Å². The highest BCUT2D eigenvalue weighted by Crippen LogP contribution is 2.16. The summed E-state index contributed by atoms with van der Waals surface area (Å²) in [6, 6.07) is 21.9. The Hall–Kier alpha value is -3.71. The minimum Gasteiger partial charge on any atom is -0.307 e. The van der Waals surface area contributed by atoms with Crippen LogP contribution < -0.4 is 10.7 Å². The van der Waals surface area contributed by atoms with Gasteiger partial charge >= 0.3 is 6.03 Å². The van der Waals surface area contributed by atoms with Crippen LogP contribution in [0.15, 0.2) is 84.0 Å². The Morgan fingerprint density at radius 3 is 2.24 bits per heavy atom. The SMILES string of the molecule is O=C(N/N=C(/Cc1ccccc1)c1ccc(Cl)cc1)Nc1ccc([N+](=O)[O-])cc1. The van der Waals surface area contributed by atoms with Crippen molar-refractivity contribution in [3.8, 4) is 0 Å². The Morgan fingerprint density at radius 2 is 1.62 bits per heavy atom. The highest BCUT2D eigenvalue weighted by Gasteiger charge is 2.09. The number of rotatable bonds is 6. The number of non-ortho nitro benzene ring substituents is 1. The largest absolute Gasteiger partial charge is 0.339 e. The third-order valence-electron chi connectivity index (χ3n) is 4.02. The van der Waals surface area contributed by atoms with Gasteiger partial charge in [0.1, 0.15) is 0 Å². The van der Waals surface area contributed by atoms with Crippen molar-refractivity contribution in [3.05, 3.63) is 105 Å². The third kappa shape index (κ3) is 5.88. The lowest BCUT2D eigenvalue weighted by Crippen LogP contribution is -2.26. The molecule has 0 aliphatic heterocycles. The van der Waals surface area contributed by atoms with Crippen LogP contribution in [0.3, 0.4) is 0 Å². The normalized spacial score (nSPS) is 11.0. The summed E-state index contributed by atoms with van der Waals surface area (Å²) in [5.74, 6) is 0. The molecule has 0 spiro atoms. The molecule has 0 unspecified atom stereocenters. The number of benzene rings is 3. The minimum atomic E-state index is -0.557. The monoisotopic (exact) mass is 408 g/mol. The lowest BCUT2D eigenvalue weighted by molar-refractivity contribution is -0.384. The van der Waals surface area contributed by atoms with Crippen LogP contribution in [0.25, 0.3) is 0 Å². The zero-order chi connectivity index (χ0) is 20.6. The number of nitro groups is 1. The quantitative estimate of drug-likeness (QED) is 0.340. The van der Waals surface area contributed by atoms with Crippen LogP contribution in [0.1, 0.15) is 11.1 Å². The van der Waals surface area contributed by atoms with Crippen molar-refractivity contribution in [3.63, 3.8) is 0 Å². The fourth-order valence-electron chi connectivity index (χ4n) is 2.58. The molecule has 3 aromatic rings. The summed E-state index contributed by atoms with van der Waals surface area (Å²) in [7, 11) is 0. The first-order valence-corrected chi connectivity index (χ1v) is 9.07. The van der Waals surface area contributed by atoms with E-state index >= 15 is 0 Å². The number of nitrogens with one attached hydrogen (secondary N) is 2. The van der Waals surface area contributed by atoms with Crippen LogP contribution in [0.5, 0.6) is 0 Å². The van der Waals surface area contributed by atoms with Crippen molar-refractivity contribution < 1.29 is 9.72 Å². The van der Waals surface area contributed by atoms with Gasteiger partial charge in [-0.3, -0.25) is 10.1 Å². The van der Waals surface area contributed by atoms with Gasteiger partial charge in [-0.2, -0.15) is 5.10 Å². The number of anilines is 1. The van der Waals surface area contributed by atoms with Crippen LogP contribution in [0.4, 0.5) is 16.2 Å². The zero-order valence-corrected chi connectivity index (χ0v) is 16.0. The maximum atomic E-state index is 12.2. The van der Waals surface area contributed by atoms with Crippen LogP contribution >= 0.6 is 11.6 Å². The maximum absolute atomic E-state index is 12.2. The molecule has 0 atom stereocenters.